The molecule has 3 N–H and O–H groups in total. The molecular formula is C16H15ClN2O3. The van der Waals surface area contributed by atoms with Gasteiger partial charge in [-0.3, -0.25) is 9.59 Å². The van der Waals surface area contributed by atoms with Crippen LogP contribution in [0, 0.1) is 6.92 Å². The van der Waals surface area contributed by atoms with Crippen molar-refractivity contribution < 1.29 is 14.3 Å². The van der Waals surface area contributed by atoms with Crippen LogP contribution in [-0.4, -0.2) is 18.4 Å². The number of benzene rings is 2. The molecule has 0 heterocycles. The minimum atomic E-state index is -0.513. The van der Waals surface area contributed by atoms with Crippen molar-refractivity contribution in [3.05, 3.63) is 58.6 Å². The number of carbonyl (C=O) groups is 2. The number of rotatable bonds is 5. The monoisotopic (exact) mass is 318 g/mol. The molecule has 2 rings (SSSR count). The van der Waals surface area contributed by atoms with E-state index in [1.54, 1.807) is 24.3 Å². The summed E-state index contributed by atoms with van der Waals surface area (Å²) in [4.78, 5) is 22.8. The fraction of sp³-hybridized carbons (Fsp3) is 0.125. The molecule has 2 aromatic rings. The van der Waals surface area contributed by atoms with Crippen LogP contribution in [0.25, 0.3) is 0 Å². The number of aryl methyl sites for hydroxylation is 1. The van der Waals surface area contributed by atoms with Crippen molar-refractivity contribution in [2.75, 3.05) is 11.9 Å². The van der Waals surface area contributed by atoms with E-state index in [1.807, 2.05) is 13.0 Å². The molecule has 0 radical (unpaired) electrons. The van der Waals surface area contributed by atoms with Crippen LogP contribution in [0.1, 0.15) is 15.9 Å². The average Bonchev–Trinajstić information content (AvgIpc) is 2.49. The molecule has 0 fully saturated rings. The van der Waals surface area contributed by atoms with E-state index in [0.29, 0.717) is 22.0 Å². The average molecular weight is 319 g/mol. The Morgan fingerprint density at radius 3 is 2.50 bits per heavy atom. The summed E-state index contributed by atoms with van der Waals surface area (Å²) in [5, 5.41) is 3.27. The van der Waals surface area contributed by atoms with Crippen molar-refractivity contribution in [1.82, 2.24) is 0 Å². The normalized spacial score (nSPS) is 10.1. The van der Waals surface area contributed by atoms with Crippen molar-refractivity contribution in [2.24, 2.45) is 5.73 Å². The maximum absolute atomic E-state index is 11.9. The van der Waals surface area contributed by atoms with Gasteiger partial charge in [0.2, 0.25) is 5.91 Å². The minimum Gasteiger partial charge on any atom is -0.484 e. The van der Waals surface area contributed by atoms with Gasteiger partial charge in [0.1, 0.15) is 5.75 Å². The third kappa shape index (κ3) is 4.23. The Labute approximate surface area is 133 Å². The van der Waals surface area contributed by atoms with Crippen LogP contribution in [0.15, 0.2) is 42.5 Å². The first-order valence-corrected chi connectivity index (χ1v) is 6.92. The van der Waals surface area contributed by atoms with Gasteiger partial charge < -0.3 is 15.8 Å². The Bertz CT molecular complexity index is 699. The first-order chi connectivity index (χ1) is 10.5. The quantitative estimate of drug-likeness (QED) is 0.889. The Morgan fingerprint density at radius 2 is 1.86 bits per heavy atom. The number of carbonyl (C=O) groups excluding carboxylic acids is 2. The number of nitrogens with two attached hydrogens (primary N) is 1. The number of nitrogens with one attached hydrogen (secondary N) is 1. The van der Waals surface area contributed by atoms with E-state index in [9.17, 15) is 9.59 Å². The van der Waals surface area contributed by atoms with Gasteiger partial charge in [-0.25, -0.2) is 0 Å². The van der Waals surface area contributed by atoms with Gasteiger partial charge in [0, 0.05) is 16.3 Å². The number of hydrogen-bond acceptors (Lipinski definition) is 3. The molecule has 6 heteroatoms. The topological polar surface area (TPSA) is 81.4 Å². The van der Waals surface area contributed by atoms with Crippen LogP contribution in [-0.2, 0) is 4.79 Å². The van der Waals surface area contributed by atoms with Gasteiger partial charge in [0.15, 0.2) is 6.61 Å². The molecule has 114 valence electrons. The molecule has 0 aromatic heterocycles. The van der Waals surface area contributed by atoms with Crippen LogP contribution in [0.2, 0.25) is 5.02 Å². The van der Waals surface area contributed by atoms with Gasteiger partial charge in [-0.05, 0) is 48.9 Å². The molecule has 22 heavy (non-hydrogen) atoms. The van der Waals surface area contributed by atoms with Gasteiger partial charge in [-0.15, -0.1) is 0 Å². The number of amides is 2. The molecular weight excluding hydrogens is 304 g/mol. The van der Waals surface area contributed by atoms with E-state index < -0.39 is 5.91 Å². The second-order valence-corrected chi connectivity index (χ2v) is 5.12. The molecule has 0 atom stereocenters. The summed E-state index contributed by atoms with van der Waals surface area (Å²) in [7, 11) is 0. The van der Waals surface area contributed by atoms with E-state index in [0.717, 1.165) is 5.56 Å². The van der Waals surface area contributed by atoms with Gasteiger partial charge in [-0.1, -0.05) is 17.7 Å². The molecule has 0 aliphatic carbocycles. The summed E-state index contributed by atoms with van der Waals surface area (Å²) in [5.41, 5.74) is 7.07. The van der Waals surface area contributed by atoms with Crippen molar-refractivity contribution in [1.29, 1.82) is 0 Å². The fourth-order valence-electron chi connectivity index (χ4n) is 1.78. The molecule has 0 spiro atoms. The SMILES string of the molecule is Cc1ccc(Cl)cc1NC(=O)COc1ccc(C(N)=O)cc1. The van der Waals surface area contributed by atoms with E-state index in [1.165, 1.54) is 12.1 Å². The van der Waals surface area contributed by atoms with E-state index in [-0.39, 0.29) is 12.5 Å². The number of halogens is 1. The summed E-state index contributed by atoms with van der Waals surface area (Å²) < 4.78 is 5.35. The van der Waals surface area contributed by atoms with Crippen molar-refractivity contribution in [3.63, 3.8) is 0 Å². The molecule has 0 saturated heterocycles. The Hall–Kier alpha value is -2.53. The van der Waals surface area contributed by atoms with Crippen LogP contribution >= 0.6 is 11.6 Å². The van der Waals surface area contributed by atoms with Crippen molar-refractivity contribution in [3.8, 4) is 5.75 Å². The lowest BCUT2D eigenvalue weighted by Crippen LogP contribution is -2.20. The molecule has 2 amide bonds. The number of anilines is 1. The molecule has 0 aliphatic heterocycles. The lowest BCUT2D eigenvalue weighted by atomic mass is 10.2. The highest BCUT2D eigenvalue weighted by atomic mass is 35.5. The molecule has 0 saturated carbocycles. The second-order valence-electron chi connectivity index (χ2n) is 4.68. The highest BCUT2D eigenvalue weighted by Crippen LogP contribution is 2.20. The second kappa shape index (κ2) is 6.95. The molecule has 0 bridgehead atoms. The zero-order chi connectivity index (χ0) is 16.1. The van der Waals surface area contributed by atoms with E-state index in [4.69, 9.17) is 22.1 Å². The smallest absolute Gasteiger partial charge is 0.262 e. The molecule has 2 aromatic carbocycles. The molecule has 5 nitrogen and oxygen atoms in total. The molecule has 0 aliphatic rings. The highest BCUT2D eigenvalue weighted by Gasteiger charge is 2.07. The van der Waals surface area contributed by atoms with Gasteiger partial charge in [0.25, 0.3) is 5.91 Å². The molecule has 0 unspecified atom stereocenters. The summed E-state index contributed by atoms with van der Waals surface area (Å²) >= 11 is 5.89. The Kier molecular flexibility index (Phi) is 5.01. The van der Waals surface area contributed by atoms with Crippen molar-refractivity contribution in [2.45, 2.75) is 6.92 Å². The van der Waals surface area contributed by atoms with Gasteiger partial charge in [-0.2, -0.15) is 0 Å². The Morgan fingerprint density at radius 1 is 1.18 bits per heavy atom. The van der Waals surface area contributed by atoms with Crippen molar-refractivity contribution >= 4 is 29.1 Å². The first-order valence-electron chi connectivity index (χ1n) is 6.54. The van der Waals surface area contributed by atoms with E-state index >= 15 is 0 Å². The van der Waals surface area contributed by atoms with Crippen LogP contribution < -0.4 is 15.8 Å². The number of ether oxygens (including phenoxy) is 1. The summed E-state index contributed by atoms with van der Waals surface area (Å²) in [6.45, 7) is 1.72. The van der Waals surface area contributed by atoms with Gasteiger partial charge >= 0.3 is 0 Å². The maximum atomic E-state index is 11.9. The third-order valence-electron chi connectivity index (χ3n) is 2.98. The minimum absolute atomic E-state index is 0.151. The Balaban J connectivity index is 1.92. The first kappa shape index (κ1) is 15.9. The lowest BCUT2D eigenvalue weighted by Gasteiger charge is -2.10. The van der Waals surface area contributed by atoms with Gasteiger partial charge in [0.05, 0.1) is 0 Å². The van der Waals surface area contributed by atoms with Crippen LogP contribution in [0.3, 0.4) is 0 Å². The summed E-state index contributed by atoms with van der Waals surface area (Å²) in [6.07, 6.45) is 0. The fourth-order valence-corrected chi connectivity index (χ4v) is 1.95. The number of hydrogen-bond donors (Lipinski definition) is 2. The number of primary amides is 1. The van der Waals surface area contributed by atoms with E-state index in [2.05, 4.69) is 5.32 Å². The zero-order valence-electron chi connectivity index (χ0n) is 11.9. The third-order valence-corrected chi connectivity index (χ3v) is 3.22. The van der Waals surface area contributed by atoms with Crippen LogP contribution in [0.4, 0.5) is 5.69 Å². The standard InChI is InChI=1S/C16H15ClN2O3/c1-10-2-5-12(17)8-14(10)19-15(20)9-22-13-6-3-11(4-7-13)16(18)21/h2-8H,9H2,1H3,(H2,18,21)(H,19,20). The predicted molar refractivity (Wildman–Crippen MR) is 85.3 cm³/mol. The largest absolute Gasteiger partial charge is 0.484 e. The van der Waals surface area contributed by atoms with Crippen LogP contribution in [0.5, 0.6) is 5.75 Å². The predicted octanol–water partition coefficient (Wildman–Crippen LogP) is 2.76. The lowest BCUT2D eigenvalue weighted by molar-refractivity contribution is -0.118. The summed E-state index contributed by atoms with van der Waals surface area (Å²) in [6, 6.07) is 11.5. The zero-order valence-corrected chi connectivity index (χ0v) is 12.7. The summed E-state index contributed by atoms with van der Waals surface area (Å²) in [5.74, 6) is -0.340. The maximum Gasteiger partial charge on any atom is 0.262 e. The highest BCUT2D eigenvalue weighted by molar-refractivity contribution is 6.31.